The van der Waals surface area contributed by atoms with Crippen LogP contribution in [-0.4, -0.2) is 0 Å². The Bertz CT molecular complexity index is 1180. The molecule has 0 saturated heterocycles. The lowest BCUT2D eigenvalue weighted by atomic mass is 9.58. The molecule has 1 spiro atoms. The van der Waals surface area contributed by atoms with Gasteiger partial charge >= 0.3 is 0 Å². The number of hydrogen-bond donors (Lipinski definition) is 0. The topological polar surface area (TPSA) is 0 Å². The predicted molar refractivity (Wildman–Crippen MR) is 159 cm³/mol. The van der Waals surface area contributed by atoms with Crippen molar-refractivity contribution < 1.29 is 0 Å². The second-order valence-corrected chi connectivity index (χ2v) is 16.3. The molecule has 0 nitrogen and oxygen atoms in total. The molecule has 0 heteroatoms. The van der Waals surface area contributed by atoms with Gasteiger partial charge in [0.2, 0.25) is 0 Å². The maximum absolute atomic E-state index is 2.73. The van der Waals surface area contributed by atoms with E-state index in [1.807, 2.05) is 0 Å². The minimum atomic E-state index is 0.134. The summed E-state index contributed by atoms with van der Waals surface area (Å²) in [4.78, 5) is 0. The van der Waals surface area contributed by atoms with Gasteiger partial charge in [0, 0.05) is 5.41 Å². The first-order valence-corrected chi connectivity index (χ1v) is 15.5. The van der Waals surface area contributed by atoms with Crippen LogP contribution in [0, 0.1) is 28.1 Å². The van der Waals surface area contributed by atoms with Crippen molar-refractivity contribution in [2.24, 2.45) is 28.1 Å². The van der Waals surface area contributed by atoms with E-state index in [1.54, 1.807) is 11.1 Å². The van der Waals surface area contributed by atoms with E-state index in [4.69, 9.17) is 0 Å². The van der Waals surface area contributed by atoms with Crippen LogP contribution < -0.4 is 0 Å². The van der Waals surface area contributed by atoms with Crippen LogP contribution in [0.15, 0.2) is 36.4 Å². The fraction of sp³-hybridized carbons (Fsp3) is 0.676. The van der Waals surface area contributed by atoms with Gasteiger partial charge in [0.15, 0.2) is 0 Å². The van der Waals surface area contributed by atoms with Crippen molar-refractivity contribution in [2.45, 2.75) is 130 Å². The predicted octanol–water partition coefficient (Wildman–Crippen LogP) is 10.6. The molecule has 2 aromatic carbocycles. The molecule has 0 N–H and O–H groups in total. The van der Waals surface area contributed by atoms with Gasteiger partial charge in [-0.2, -0.15) is 0 Å². The summed E-state index contributed by atoms with van der Waals surface area (Å²) in [5, 5.41) is 0. The zero-order valence-corrected chi connectivity index (χ0v) is 25.6. The Morgan fingerprint density at radius 2 is 1.32 bits per heavy atom. The van der Waals surface area contributed by atoms with E-state index in [1.165, 1.54) is 67.2 Å². The van der Waals surface area contributed by atoms with Gasteiger partial charge in [0.25, 0.3) is 0 Å². The molecular formula is C37H52. The Labute approximate surface area is 228 Å². The van der Waals surface area contributed by atoms with Crippen LogP contribution >= 0.6 is 0 Å². The summed E-state index contributed by atoms with van der Waals surface area (Å²) >= 11 is 0. The lowest BCUT2D eigenvalue weighted by Gasteiger charge is -2.45. The van der Waals surface area contributed by atoms with Crippen LogP contribution in [0.2, 0.25) is 0 Å². The third kappa shape index (κ3) is 2.92. The lowest BCUT2D eigenvalue weighted by Crippen LogP contribution is -2.41. The average molecular weight is 497 g/mol. The van der Waals surface area contributed by atoms with E-state index in [0.29, 0.717) is 16.2 Å². The molecule has 4 atom stereocenters. The number of fused-ring (bicyclic) bond motifs is 3. The highest BCUT2D eigenvalue weighted by Gasteiger charge is 2.90. The van der Waals surface area contributed by atoms with Crippen molar-refractivity contribution in [3.8, 4) is 11.1 Å². The highest BCUT2D eigenvalue weighted by atomic mass is 14.9. The van der Waals surface area contributed by atoms with Gasteiger partial charge in [-0.25, -0.2) is 0 Å². The molecule has 6 rings (SSSR count). The number of hydrogen-bond acceptors (Lipinski definition) is 0. The lowest BCUT2D eigenvalue weighted by molar-refractivity contribution is 0.102. The fourth-order valence-electron chi connectivity index (χ4n) is 10.5. The second kappa shape index (κ2) is 7.55. The Morgan fingerprint density at radius 1 is 0.784 bits per heavy atom. The smallest absolute Gasteiger partial charge is 0.0249 e. The maximum atomic E-state index is 2.73. The van der Waals surface area contributed by atoms with Gasteiger partial charge < -0.3 is 0 Å². The van der Waals surface area contributed by atoms with E-state index in [2.05, 4.69) is 106 Å². The first kappa shape index (κ1) is 25.7. The summed E-state index contributed by atoms with van der Waals surface area (Å²) in [5.74, 6) is 1.66. The number of benzene rings is 2. The summed E-state index contributed by atoms with van der Waals surface area (Å²) in [6, 6.07) is 15.3. The third-order valence-corrected chi connectivity index (χ3v) is 12.9. The molecule has 0 bridgehead atoms. The summed E-state index contributed by atoms with van der Waals surface area (Å²) in [7, 11) is 0. The van der Waals surface area contributed by atoms with E-state index in [-0.39, 0.29) is 16.2 Å². The Morgan fingerprint density at radius 3 is 1.70 bits per heavy atom. The largest absolute Gasteiger partial charge is 0.0654 e. The first-order chi connectivity index (χ1) is 17.2. The standard InChI is InChI=1S/C37H52/c1-11-12-13-19-36(31-23-26-18-20-37(26)34(8,9)35(31,37)10)29-21-24(32(2,3)4)14-16-27(29)28-17-15-25(22-30(28)36)33(5,6)7/h14-17,21-22,26,31H,11-13,18-20,23H2,1-10H3. The Hall–Kier alpha value is -1.56. The zero-order chi connectivity index (χ0) is 26.8. The van der Waals surface area contributed by atoms with Crippen molar-refractivity contribution in [1.29, 1.82) is 0 Å². The molecule has 0 aliphatic heterocycles. The molecule has 0 amide bonds. The normalized spacial score (nSPS) is 32.3. The van der Waals surface area contributed by atoms with Crippen LogP contribution in [-0.2, 0) is 16.2 Å². The van der Waals surface area contributed by atoms with Crippen LogP contribution in [0.3, 0.4) is 0 Å². The SMILES string of the molecule is CCCCCC1(C2CC3CCC34C(C)(C)C24C)c2cc(C(C)(C)C)ccc2-c2ccc(C(C)(C)C)cc21. The first-order valence-electron chi connectivity index (χ1n) is 15.5. The van der Waals surface area contributed by atoms with Crippen LogP contribution in [0.5, 0.6) is 0 Å². The quantitative estimate of drug-likeness (QED) is 0.361. The molecule has 0 radical (unpaired) electrons. The summed E-state index contributed by atoms with van der Waals surface area (Å²) < 4.78 is 0. The second-order valence-electron chi connectivity index (χ2n) is 16.3. The van der Waals surface area contributed by atoms with Gasteiger partial charge in [0.05, 0.1) is 0 Å². The van der Waals surface area contributed by atoms with Gasteiger partial charge in [-0.05, 0) is 98.0 Å². The van der Waals surface area contributed by atoms with E-state index in [9.17, 15) is 0 Å². The monoisotopic (exact) mass is 496 g/mol. The minimum absolute atomic E-state index is 0.134. The number of rotatable bonds is 5. The van der Waals surface area contributed by atoms with Gasteiger partial charge in [0.1, 0.15) is 0 Å². The molecule has 0 heterocycles. The molecule has 200 valence electrons. The van der Waals surface area contributed by atoms with Gasteiger partial charge in [-0.15, -0.1) is 0 Å². The van der Waals surface area contributed by atoms with Crippen molar-refractivity contribution in [3.05, 3.63) is 58.7 Å². The molecule has 2 aromatic rings. The summed E-state index contributed by atoms with van der Waals surface area (Å²) in [6.07, 6.45) is 9.63. The van der Waals surface area contributed by atoms with Crippen molar-refractivity contribution in [1.82, 2.24) is 0 Å². The molecule has 3 saturated carbocycles. The molecule has 4 aliphatic rings. The molecule has 4 aliphatic carbocycles. The average Bonchev–Trinajstić information content (AvgIpc) is 2.99. The van der Waals surface area contributed by atoms with Crippen molar-refractivity contribution >= 4 is 0 Å². The fourth-order valence-corrected chi connectivity index (χ4v) is 10.5. The third-order valence-electron chi connectivity index (χ3n) is 12.9. The van der Waals surface area contributed by atoms with Crippen LogP contribution in [0.1, 0.15) is 136 Å². The highest BCUT2D eigenvalue weighted by molar-refractivity contribution is 5.82. The van der Waals surface area contributed by atoms with Crippen LogP contribution in [0.4, 0.5) is 0 Å². The van der Waals surface area contributed by atoms with E-state index >= 15 is 0 Å². The zero-order valence-electron chi connectivity index (χ0n) is 25.6. The molecule has 37 heavy (non-hydrogen) atoms. The van der Waals surface area contributed by atoms with Gasteiger partial charge in [-0.1, -0.05) is 125 Å². The van der Waals surface area contributed by atoms with Crippen LogP contribution in [0.25, 0.3) is 11.1 Å². The molecular weight excluding hydrogens is 444 g/mol. The molecule has 0 aromatic heterocycles. The molecule has 4 unspecified atom stereocenters. The Balaban J connectivity index is 1.65. The van der Waals surface area contributed by atoms with Gasteiger partial charge in [-0.3, -0.25) is 0 Å². The minimum Gasteiger partial charge on any atom is -0.0654 e. The maximum Gasteiger partial charge on any atom is 0.0249 e. The van der Waals surface area contributed by atoms with E-state index < -0.39 is 0 Å². The van der Waals surface area contributed by atoms with Crippen molar-refractivity contribution in [2.75, 3.05) is 0 Å². The number of unbranched alkanes of at least 4 members (excludes halogenated alkanes) is 2. The summed E-state index contributed by atoms with van der Waals surface area (Å²) in [5.41, 5.74) is 11.4. The molecule has 3 fully saturated rings. The van der Waals surface area contributed by atoms with E-state index in [0.717, 1.165) is 11.8 Å². The van der Waals surface area contributed by atoms with Crippen molar-refractivity contribution in [3.63, 3.8) is 0 Å². The summed E-state index contributed by atoms with van der Waals surface area (Å²) in [6.45, 7) is 24.7. The highest BCUT2D eigenvalue weighted by Crippen LogP contribution is 2.96. The Kier molecular flexibility index (Phi) is 5.24.